The van der Waals surface area contributed by atoms with Crippen molar-refractivity contribution >= 4 is 40.2 Å². The Morgan fingerprint density at radius 1 is 1.30 bits per heavy atom. The fourth-order valence-corrected chi connectivity index (χ4v) is 4.07. The second-order valence-corrected chi connectivity index (χ2v) is 18.1. The van der Waals surface area contributed by atoms with Crippen LogP contribution in [-0.2, 0) is 21.5 Å². The highest BCUT2D eigenvalue weighted by Gasteiger charge is 2.28. The fraction of sp³-hybridized carbons (Fsp3) is 0.500. The van der Waals surface area contributed by atoms with Gasteiger partial charge in [-0.25, -0.2) is 17.5 Å². The molecule has 10 heteroatoms. The zero-order valence-electron chi connectivity index (χ0n) is 18.2. The van der Waals surface area contributed by atoms with Crippen molar-refractivity contribution in [2.75, 3.05) is 6.61 Å². The number of sulfonamides is 1. The second-order valence-electron chi connectivity index (χ2n) is 9.27. The molecular weight excluding hydrogens is 489 g/mol. The monoisotopic (exact) mass is 517 g/mol. The van der Waals surface area contributed by atoms with Crippen LogP contribution in [0.15, 0.2) is 33.3 Å². The maximum Gasteiger partial charge on any atom is 0.258 e. The van der Waals surface area contributed by atoms with Gasteiger partial charge in [0.25, 0.3) is 10.0 Å². The van der Waals surface area contributed by atoms with Crippen LogP contribution in [0.5, 0.6) is 0 Å². The zero-order valence-corrected chi connectivity index (χ0v) is 21.6. The van der Waals surface area contributed by atoms with Gasteiger partial charge < -0.3 is 4.74 Å². The molecule has 1 heterocycles. The summed E-state index contributed by atoms with van der Waals surface area (Å²) in [7, 11) is -4.93. The Morgan fingerprint density at radius 3 is 2.57 bits per heavy atom. The van der Waals surface area contributed by atoms with E-state index in [1.807, 2.05) is 0 Å². The van der Waals surface area contributed by atoms with Crippen LogP contribution in [0.2, 0.25) is 25.7 Å². The third-order valence-electron chi connectivity index (χ3n) is 4.30. The van der Waals surface area contributed by atoms with E-state index in [4.69, 9.17) is 4.74 Å². The Balaban J connectivity index is 2.38. The van der Waals surface area contributed by atoms with E-state index < -0.39 is 28.7 Å². The van der Waals surface area contributed by atoms with Crippen molar-refractivity contribution in [1.29, 1.82) is 0 Å². The van der Waals surface area contributed by atoms with Gasteiger partial charge in [-0.3, -0.25) is 0 Å². The zero-order chi connectivity index (χ0) is 22.7. The van der Waals surface area contributed by atoms with Gasteiger partial charge in [0.15, 0.2) is 0 Å². The van der Waals surface area contributed by atoms with Crippen molar-refractivity contribution in [2.45, 2.75) is 57.9 Å². The number of aromatic nitrogens is 2. The molecule has 0 atom stereocenters. The number of benzene rings is 1. The van der Waals surface area contributed by atoms with Crippen LogP contribution < -0.4 is 0 Å². The number of rotatable bonds is 8. The van der Waals surface area contributed by atoms with Crippen LogP contribution in [0, 0.1) is 5.82 Å². The lowest BCUT2D eigenvalue weighted by atomic mass is 10.1. The summed E-state index contributed by atoms with van der Waals surface area (Å²) in [4.78, 5) is 0. The van der Waals surface area contributed by atoms with E-state index in [0.29, 0.717) is 27.9 Å². The molecule has 0 saturated carbocycles. The van der Waals surface area contributed by atoms with Crippen molar-refractivity contribution in [3.05, 3.63) is 40.2 Å². The van der Waals surface area contributed by atoms with Crippen LogP contribution in [0.25, 0.3) is 11.3 Å². The van der Waals surface area contributed by atoms with Crippen molar-refractivity contribution in [3.63, 3.8) is 0 Å². The van der Waals surface area contributed by atoms with E-state index in [1.54, 1.807) is 37.7 Å². The number of hydrogen-bond acceptors (Lipinski definition) is 4. The molecule has 0 bridgehead atoms. The minimum absolute atomic E-state index is 0.213. The summed E-state index contributed by atoms with van der Waals surface area (Å²) >= 11 is 3.41. The summed E-state index contributed by atoms with van der Waals surface area (Å²) in [6, 6.07) is 5.29. The number of ether oxygens (including phenoxy) is 1. The maximum absolute atomic E-state index is 13.9. The molecule has 6 nitrogen and oxygen atoms in total. The van der Waals surface area contributed by atoms with Crippen molar-refractivity contribution in [1.82, 2.24) is 9.78 Å². The lowest BCUT2D eigenvalue weighted by Gasteiger charge is -2.15. The number of nitrogens with zero attached hydrogens (tertiary/aromatic N) is 3. The number of halogens is 2. The van der Waals surface area contributed by atoms with Crippen LogP contribution in [-0.4, -0.2) is 43.8 Å². The highest BCUT2D eigenvalue weighted by molar-refractivity contribution is 9.10. The van der Waals surface area contributed by atoms with E-state index >= 15 is 0 Å². The first-order chi connectivity index (χ1) is 13.7. The molecular formula is C20H29BrFN3O3SSi. The van der Waals surface area contributed by atoms with Gasteiger partial charge in [0.2, 0.25) is 0 Å². The van der Waals surface area contributed by atoms with E-state index in [0.717, 1.165) is 6.04 Å². The largest absolute Gasteiger partial charge is 0.360 e. The minimum atomic E-state index is -3.72. The minimum Gasteiger partial charge on any atom is -0.360 e. The molecule has 2 aromatic rings. The standard InChI is InChI=1S/C20H29BrFN3O3SSi/c1-20(2,3)29(26,27)23-12-15-13-25(14-28-9-10-30(4,5)6)24-19(15)17-11-16(22)7-8-18(17)21/h7-8,11-13H,9-10,14H2,1-6H3. The summed E-state index contributed by atoms with van der Waals surface area (Å²) in [6.45, 7) is 12.4. The normalized spacial score (nSPS) is 13.3. The molecule has 0 radical (unpaired) electrons. The molecule has 0 N–H and O–H groups in total. The first-order valence-electron chi connectivity index (χ1n) is 9.60. The Bertz CT molecular complexity index is 1020. The Labute approximate surface area is 187 Å². The van der Waals surface area contributed by atoms with Gasteiger partial charge in [-0.15, -0.1) is 0 Å². The van der Waals surface area contributed by atoms with Gasteiger partial charge in [0.1, 0.15) is 18.2 Å². The highest BCUT2D eigenvalue weighted by atomic mass is 79.9. The van der Waals surface area contributed by atoms with Crippen LogP contribution >= 0.6 is 15.9 Å². The SMILES string of the molecule is CC(C)(C)S(=O)(=O)N=Cc1cn(COCC[Si](C)(C)C)nc1-c1cc(F)ccc1Br. The summed E-state index contributed by atoms with van der Waals surface area (Å²) in [5.74, 6) is -0.417. The van der Waals surface area contributed by atoms with Crippen LogP contribution in [0.3, 0.4) is 0 Å². The molecule has 0 saturated heterocycles. The predicted molar refractivity (Wildman–Crippen MR) is 126 cm³/mol. The Hall–Kier alpha value is -1.36. The molecule has 0 fully saturated rings. The smallest absolute Gasteiger partial charge is 0.258 e. The quantitative estimate of drug-likeness (QED) is 0.270. The predicted octanol–water partition coefficient (Wildman–Crippen LogP) is 5.31. The Morgan fingerprint density at radius 2 is 1.97 bits per heavy atom. The summed E-state index contributed by atoms with van der Waals surface area (Å²) < 4.78 is 49.4. The summed E-state index contributed by atoms with van der Waals surface area (Å²) in [6.07, 6.45) is 2.92. The van der Waals surface area contributed by atoms with E-state index in [2.05, 4.69) is 45.1 Å². The lowest BCUT2D eigenvalue weighted by Crippen LogP contribution is -2.25. The van der Waals surface area contributed by atoms with Gasteiger partial charge in [0, 0.05) is 36.5 Å². The first kappa shape index (κ1) is 24.9. The van der Waals surface area contributed by atoms with Gasteiger partial charge >= 0.3 is 0 Å². The molecule has 0 unspecified atom stereocenters. The van der Waals surface area contributed by atoms with Crippen LogP contribution in [0.1, 0.15) is 26.3 Å². The molecule has 30 heavy (non-hydrogen) atoms. The van der Waals surface area contributed by atoms with Crippen molar-refractivity contribution in [3.8, 4) is 11.3 Å². The number of hydrogen-bond donors (Lipinski definition) is 0. The molecule has 0 aliphatic heterocycles. The lowest BCUT2D eigenvalue weighted by molar-refractivity contribution is 0.0787. The molecule has 2 rings (SSSR count). The third kappa shape index (κ3) is 6.83. The average Bonchev–Trinajstić information content (AvgIpc) is 3.00. The van der Waals surface area contributed by atoms with Gasteiger partial charge in [-0.2, -0.15) is 9.50 Å². The average molecular weight is 519 g/mol. The van der Waals surface area contributed by atoms with E-state index in [-0.39, 0.29) is 6.73 Å². The fourth-order valence-electron chi connectivity index (χ4n) is 2.31. The van der Waals surface area contributed by atoms with Gasteiger partial charge in [-0.05, 0) is 45.0 Å². The molecule has 0 aliphatic carbocycles. The molecule has 0 aliphatic rings. The first-order valence-corrected chi connectivity index (χ1v) is 15.5. The third-order valence-corrected chi connectivity index (χ3v) is 8.62. The second kappa shape index (κ2) is 9.42. The van der Waals surface area contributed by atoms with Crippen molar-refractivity contribution < 1.29 is 17.5 Å². The van der Waals surface area contributed by atoms with Gasteiger partial charge in [0.05, 0.1) is 11.0 Å². The van der Waals surface area contributed by atoms with Gasteiger partial charge in [-0.1, -0.05) is 35.6 Å². The molecule has 166 valence electrons. The summed E-state index contributed by atoms with van der Waals surface area (Å²) in [5.41, 5.74) is 1.39. The van der Waals surface area contributed by atoms with E-state index in [9.17, 15) is 12.8 Å². The topological polar surface area (TPSA) is 73.5 Å². The van der Waals surface area contributed by atoms with Crippen LogP contribution in [0.4, 0.5) is 4.39 Å². The summed E-state index contributed by atoms with van der Waals surface area (Å²) in [5, 5.41) is 4.50. The Kier molecular flexibility index (Phi) is 7.82. The molecule has 1 aromatic carbocycles. The maximum atomic E-state index is 13.9. The highest BCUT2D eigenvalue weighted by Crippen LogP contribution is 2.30. The van der Waals surface area contributed by atoms with Crippen molar-refractivity contribution in [2.24, 2.45) is 4.40 Å². The van der Waals surface area contributed by atoms with E-state index in [1.165, 1.54) is 18.3 Å². The molecule has 0 spiro atoms. The molecule has 1 aromatic heterocycles. The molecule has 0 amide bonds.